The summed E-state index contributed by atoms with van der Waals surface area (Å²) in [5.74, 6) is -0.183. The number of nitrogens with zero attached hydrogens (tertiary/aromatic N) is 1. The van der Waals surface area contributed by atoms with Crippen LogP contribution in [-0.4, -0.2) is 15.8 Å². The van der Waals surface area contributed by atoms with Crippen LogP contribution < -0.4 is 5.56 Å². The molecule has 0 aliphatic carbocycles. The number of hydrogen-bond acceptors (Lipinski definition) is 3. The van der Waals surface area contributed by atoms with Gasteiger partial charge in [0.15, 0.2) is 0 Å². The SMILES string of the molecule is CCc1ccc2[nH]c(=O)c(CN(Cc3ccccc3)C(=O)c3sc4ccccc4c3Cl)cc2c1. The monoisotopic (exact) mass is 486 g/mol. The predicted octanol–water partition coefficient (Wildman–Crippen LogP) is 6.80. The van der Waals surface area contributed by atoms with E-state index in [1.165, 1.54) is 16.9 Å². The lowest BCUT2D eigenvalue weighted by atomic mass is 10.1. The van der Waals surface area contributed by atoms with E-state index in [0.29, 0.717) is 22.0 Å². The van der Waals surface area contributed by atoms with Crippen LogP contribution in [0.5, 0.6) is 0 Å². The van der Waals surface area contributed by atoms with E-state index in [4.69, 9.17) is 11.6 Å². The number of aromatic nitrogens is 1. The number of nitrogens with one attached hydrogen (secondary N) is 1. The number of benzene rings is 3. The highest BCUT2D eigenvalue weighted by Crippen LogP contribution is 2.36. The maximum Gasteiger partial charge on any atom is 0.266 e. The third-order valence-corrected chi connectivity index (χ3v) is 7.65. The summed E-state index contributed by atoms with van der Waals surface area (Å²) in [5, 5.41) is 2.29. The molecule has 1 amide bonds. The van der Waals surface area contributed by atoms with Gasteiger partial charge in [-0.3, -0.25) is 9.59 Å². The zero-order valence-corrected chi connectivity index (χ0v) is 20.2. The van der Waals surface area contributed by atoms with Crippen molar-refractivity contribution in [2.75, 3.05) is 0 Å². The van der Waals surface area contributed by atoms with Gasteiger partial charge < -0.3 is 9.88 Å². The zero-order valence-electron chi connectivity index (χ0n) is 18.7. The molecule has 170 valence electrons. The van der Waals surface area contributed by atoms with Gasteiger partial charge in [0.2, 0.25) is 0 Å². The molecule has 34 heavy (non-hydrogen) atoms. The first kappa shape index (κ1) is 22.4. The van der Waals surface area contributed by atoms with Crippen LogP contribution in [0.25, 0.3) is 21.0 Å². The molecule has 5 rings (SSSR count). The molecule has 5 aromatic rings. The molecule has 0 saturated carbocycles. The topological polar surface area (TPSA) is 53.2 Å². The van der Waals surface area contributed by atoms with E-state index in [1.54, 1.807) is 4.90 Å². The molecule has 0 bridgehead atoms. The highest BCUT2D eigenvalue weighted by Gasteiger charge is 2.24. The van der Waals surface area contributed by atoms with Crippen LogP contribution in [0, 0.1) is 0 Å². The van der Waals surface area contributed by atoms with Crippen LogP contribution in [0.15, 0.2) is 83.7 Å². The Morgan fingerprint density at radius 3 is 2.47 bits per heavy atom. The number of amides is 1. The Kier molecular flexibility index (Phi) is 6.22. The Morgan fingerprint density at radius 1 is 0.941 bits per heavy atom. The number of rotatable bonds is 6. The van der Waals surface area contributed by atoms with Crippen LogP contribution in [-0.2, 0) is 19.5 Å². The molecule has 0 aliphatic heterocycles. The summed E-state index contributed by atoms with van der Waals surface area (Å²) in [6, 6.07) is 25.4. The average molecular weight is 487 g/mol. The molecule has 2 heterocycles. The van der Waals surface area contributed by atoms with Gasteiger partial charge in [0.25, 0.3) is 11.5 Å². The molecule has 4 nitrogen and oxygen atoms in total. The molecule has 1 N–H and O–H groups in total. The Labute approximate surface area is 206 Å². The smallest absolute Gasteiger partial charge is 0.266 e. The van der Waals surface area contributed by atoms with E-state index in [0.717, 1.165) is 33.0 Å². The van der Waals surface area contributed by atoms with Gasteiger partial charge in [0.05, 0.1) is 11.6 Å². The van der Waals surface area contributed by atoms with Crippen molar-refractivity contribution in [3.63, 3.8) is 0 Å². The third-order valence-electron chi connectivity index (χ3n) is 5.99. The molecule has 0 unspecified atom stereocenters. The van der Waals surface area contributed by atoms with Gasteiger partial charge in [0, 0.05) is 27.7 Å². The number of halogens is 1. The van der Waals surface area contributed by atoms with E-state index in [2.05, 4.69) is 18.0 Å². The lowest BCUT2D eigenvalue weighted by molar-refractivity contribution is 0.0734. The maximum absolute atomic E-state index is 13.8. The van der Waals surface area contributed by atoms with Crippen molar-refractivity contribution >= 4 is 49.8 Å². The molecule has 0 fully saturated rings. The lowest BCUT2D eigenvalue weighted by Gasteiger charge is -2.22. The molecule has 6 heteroatoms. The number of aromatic amines is 1. The van der Waals surface area contributed by atoms with Crippen LogP contribution in [0.4, 0.5) is 0 Å². The second-order valence-electron chi connectivity index (χ2n) is 8.29. The van der Waals surface area contributed by atoms with Crippen molar-refractivity contribution in [2.45, 2.75) is 26.4 Å². The fourth-order valence-electron chi connectivity index (χ4n) is 4.14. The van der Waals surface area contributed by atoms with Gasteiger partial charge in [-0.25, -0.2) is 0 Å². The van der Waals surface area contributed by atoms with Gasteiger partial charge in [-0.1, -0.05) is 73.1 Å². The summed E-state index contributed by atoms with van der Waals surface area (Å²) in [5.41, 5.74) is 3.32. The molecular weight excluding hydrogens is 464 g/mol. The second-order valence-corrected chi connectivity index (χ2v) is 9.72. The maximum atomic E-state index is 13.8. The normalized spacial score (nSPS) is 11.2. The Bertz CT molecular complexity index is 1560. The number of fused-ring (bicyclic) bond motifs is 2. The van der Waals surface area contributed by atoms with Gasteiger partial charge in [0.1, 0.15) is 4.88 Å². The van der Waals surface area contributed by atoms with Gasteiger partial charge in [-0.2, -0.15) is 0 Å². The minimum absolute atomic E-state index is 0.180. The van der Waals surface area contributed by atoms with Crippen molar-refractivity contribution < 1.29 is 4.79 Å². The highest BCUT2D eigenvalue weighted by atomic mass is 35.5. The fourth-order valence-corrected chi connectivity index (χ4v) is 5.62. The number of pyridine rings is 1. The first-order valence-electron chi connectivity index (χ1n) is 11.2. The van der Waals surface area contributed by atoms with Crippen LogP contribution in [0.2, 0.25) is 5.02 Å². The molecule has 0 atom stereocenters. The zero-order chi connectivity index (χ0) is 23.7. The Hall–Kier alpha value is -3.41. The number of hydrogen-bond donors (Lipinski definition) is 1. The fraction of sp³-hybridized carbons (Fsp3) is 0.143. The Balaban J connectivity index is 1.56. The minimum atomic E-state index is -0.190. The van der Waals surface area contributed by atoms with Crippen molar-refractivity contribution in [1.29, 1.82) is 0 Å². The summed E-state index contributed by atoms with van der Waals surface area (Å²) < 4.78 is 0.964. The van der Waals surface area contributed by atoms with Gasteiger partial charge in [-0.05, 0) is 47.2 Å². The molecular formula is C28H23ClN2O2S. The number of thiophene rings is 1. The van der Waals surface area contributed by atoms with Gasteiger partial charge in [-0.15, -0.1) is 11.3 Å². The highest BCUT2D eigenvalue weighted by molar-refractivity contribution is 7.21. The molecule has 0 spiro atoms. The first-order valence-corrected chi connectivity index (χ1v) is 12.4. The largest absolute Gasteiger partial charge is 0.329 e. The standard InChI is InChI=1S/C28H23ClN2O2S/c1-2-18-12-13-23-20(14-18)15-21(27(32)30-23)17-31(16-19-8-4-3-5-9-19)28(33)26-25(29)22-10-6-7-11-24(22)34-26/h3-15H,2,16-17H2,1H3,(H,30,32). The third kappa shape index (κ3) is 4.37. The van der Waals surface area contributed by atoms with E-state index in [1.807, 2.05) is 72.8 Å². The van der Waals surface area contributed by atoms with Crippen molar-refractivity contribution in [2.24, 2.45) is 0 Å². The summed E-state index contributed by atoms with van der Waals surface area (Å²) in [7, 11) is 0. The lowest BCUT2D eigenvalue weighted by Crippen LogP contribution is -2.32. The number of H-pyrrole nitrogens is 1. The molecule has 0 radical (unpaired) electrons. The first-order chi connectivity index (χ1) is 16.5. The second kappa shape index (κ2) is 9.45. The van der Waals surface area contributed by atoms with Gasteiger partial charge >= 0.3 is 0 Å². The number of carbonyl (C=O) groups is 1. The molecule has 2 aromatic heterocycles. The summed E-state index contributed by atoms with van der Waals surface area (Å²) >= 11 is 8.02. The van der Waals surface area contributed by atoms with Crippen molar-refractivity contribution in [1.82, 2.24) is 9.88 Å². The van der Waals surface area contributed by atoms with E-state index < -0.39 is 0 Å². The van der Waals surface area contributed by atoms with E-state index in [-0.39, 0.29) is 18.0 Å². The minimum Gasteiger partial charge on any atom is -0.329 e. The summed E-state index contributed by atoms with van der Waals surface area (Å²) in [4.78, 5) is 31.8. The predicted molar refractivity (Wildman–Crippen MR) is 141 cm³/mol. The number of aryl methyl sites for hydroxylation is 1. The van der Waals surface area contributed by atoms with E-state index >= 15 is 0 Å². The summed E-state index contributed by atoms with van der Waals surface area (Å²) in [6.45, 7) is 2.65. The van der Waals surface area contributed by atoms with Crippen LogP contribution in [0.3, 0.4) is 0 Å². The van der Waals surface area contributed by atoms with Crippen LogP contribution in [0.1, 0.15) is 33.3 Å². The average Bonchev–Trinajstić information content (AvgIpc) is 3.20. The quantitative estimate of drug-likeness (QED) is 0.287. The molecule has 0 saturated heterocycles. The Morgan fingerprint density at radius 2 is 1.71 bits per heavy atom. The summed E-state index contributed by atoms with van der Waals surface area (Å²) in [6.07, 6.45) is 0.910. The van der Waals surface area contributed by atoms with E-state index in [9.17, 15) is 9.59 Å². The number of carbonyl (C=O) groups excluding carboxylic acids is 1. The van der Waals surface area contributed by atoms with Crippen molar-refractivity contribution in [3.8, 4) is 0 Å². The molecule has 3 aromatic carbocycles. The van der Waals surface area contributed by atoms with Crippen molar-refractivity contribution in [3.05, 3.63) is 116 Å². The van der Waals surface area contributed by atoms with Crippen LogP contribution >= 0.6 is 22.9 Å². The molecule has 0 aliphatic rings.